The molecule has 0 saturated heterocycles. The number of hydrogen-bond donors (Lipinski definition) is 0. The van der Waals surface area contributed by atoms with Gasteiger partial charge in [-0.05, 0) is 37.1 Å². The fourth-order valence-corrected chi connectivity index (χ4v) is 1.38. The normalized spacial score (nSPS) is 9.24. The van der Waals surface area contributed by atoms with E-state index in [2.05, 4.69) is 16.8 Å². The van der Waals surface area contributed by atoms with E-state index in [4.69, 9.17) is 0 Å². The Hall–Kier alpha value is -2.40. The lowest BCUT2D eigenvalue weighted by atomic mass is 10.2. The Labute approximate surface area is 100 Å². The fraction of sp³-hybridized carbons (Fsp3) is 0.0667. The predicted molar refractivity (Wildman–Crippen MR) is 66.6 cm³/mol. The van der Waals surface area contributed by atoms with Crippen molar-refractivity contribution in [1.82, 2.24) is 4.98 Å². The third-order valence-corrected chi connectivity index (χ3v) is 2.22. The van der Waals surface area contributed by atoms with Gasteiger partial charge in [0.2, 0.25) is 0 Å². The van der Waals surface area contributed by atoms with Crippen LogP contribution in [0.5, 0.6) is 0 Å². The molecule has 17 heavy (non-hydrogen) atoms. The van der Waals surface area contributed by atoms with E-state index in [-0.39, 0.29) is 5.78 Å². The van der Waals surface area contributed by atoms with Gasteiger partial charge in [-0.15, -0.1) is 0 Å². The van der Waals surface area contributed by atoms with E-state index < -0.39 is 0 Å². The summed E-state index contributed by atoms with van der Waals surface area (Å²) in [5.74, 6) is 5.16. The third kappa shape index (κ3) is 3.02. The third-order valence-electron chi connectivity index (χ3n) is 2.22. The molecule has 2 rings (SSSR count). The highest BCUT2D eigenvalue weighted by Gasteiger charge is 2.02. The molecule has 2 heteroatoms. The second-order valence-electron chi connectivity index (χ2n) is 3.61. The Bertz CT molecular complexity index is 591. The molecule has 0 unspecified atom stereocenters. The molecule has 1 heterocycles. The second-order valence-corrected chi connectivity index (χ2v) is 3.61. The summed E-state index contributed by atoms with van der Waals surface area (Å²) in [6, 6.07) is 14.7. The largest absolute Gasteiger partial charge is 0.277 e. The zero-order valence-electron chi connectivity index (χ0n) is 9.47. The van der Waals surface area contributed by atoms with Gasteiger partial charge in [0.15, 0.2) is 0 Å². The Morgan fingerprint density at radius 2 is 1.82 bits per heavy atom. The van der Waals surface area contributed by atoms with Crippen LogP contribution in [0.25, 0.3) is 0 Å². The summed E-state index contributed by atoms with van der Waals surface area (Å²) in [6.07, 6.45) is 0. The average molecular weight is 221 g/mol. The molecule has 0 atom stereocenters. The Morgan fingerprint density at radius 1 is 1.06 bits per heavy atom. The van der Waals surface area contributed by atoms with Gasteiger partial charge in [-0.3, -0.25) is 4.79 Å². The highest BCUT2D eigenvalue weighted by Crippen LogP contribution is 2.00. The van der Waals surface area contributed by atoms with Crippen LogP contribution in [0, 0.1) is 18.8 Å². The summed E-state index contributed by atoms with van der Waals surface area (Å²) in [6.45, 7) is 1.85. The molecule has 2 nitrogen and oxygen atoms in total. The summed E-state index contributed by atoms with van der Waals surface area (Å²) in [5, 5.41) is 0. The molecule has 0 aliphatic heterocycles. The molecule has 0 radical (unpaired) electrons. The van der Waals surface area contributed by atoms with Crippen molar-refractivity contribution in [2.75, 3.05) is 0 Å². The van der Waals surface area contributed by atoms with Crippen molar-refractivity contribution >= 4 is 5.78 Å². The minimum atomic E-state index is -0.252. The molecule has 0 saturated carbocycles. The summed E-state index contributed by atoms with van der Waals surface area (Å²) >= 11 is 0. The number of hydrogen-bond acceptors (Lipinski definition) is 2. The van der Waals surface area contributed by atoms with Crippen LogP contribution in [-0.4, -0.2) is 10.8 Å². The van der Waals surface area contributed by atoms with Gasteiger partial charge >= 0.3 is 0 Å². The van der Waals surface area contributed by atoms with Crippen LogP contribution >= 0.6 is 0 Å². The number of rotatable bonds is 1. The first kappa shape index (κ1) is 11.1. The highest BCUT2D eigenvalue weighted by molar-refractivity contribution is 6.07. The molecule has 1 aromatic carbocycles. The van der Waals surface area contributed by atoms with Crippen molar-refractivity contribution in [3.8, 4) is 11.8 Å². The van der Waals surface area contributed by atoms with Gasteiger partial charge < -0.3 is 0 Å². The van der Waals surface area contributed by atoms with Crippen LogP contribution < -0.4 is 0 Å². The lowest BCUT2D eigenvalue weighted by Gasteiger charge is -1.94. The van der Waals surface area contributed by atoms with Gasteiger partial charge in [-0.1, -0.05) is 30.2 Å². The van der Waals surface area contributed by atoms with E-state index in [0.29, 0.717) is 5.69 Å². The standard InChI is InChI=1S/C15H11NO/c1-12-6-5-9-14(16-12)15(17)11-10-13-7-3-2-4-8-13/h2-9H,1H3. The minimum absolute atomic E-state index is 0.252. The SMILES string of the molecule is Cc1cccc(C(=O)C#Cc2ccccc2)n1. The van der Waals surface area contributed by atoms with Crippen molar-refractivity contribution in [2.24, 2.45) is 0 Å². The van der Waals surface area contributed by atoms with E-state index in [1.807, 2.05) is 43.3 Å². The van der Waals surface area contributed by atoms with Crippen LogP contribution in [0.4, 0.5) is 0 Å². The minimum Gasteiger partial charge on any atom is -0.277 e. The summed E-state index contributed by atoms with van der Waals surface area (Å²) in [5.41, 5.74) is 2.04. The van der Waals surface area contributed by atoms with Crippen molar-refractivity contribution in [3.63, 3.8) is 0 Å². The van der Waals surface area contributed by atoms with Gasteiger partial charge in [0, 0.05) is 11.3 Å². The van der Waals surface area contributed by atoms with Gasteiger partial charge in [0.05, 0.1) is 0 Å². The van der Waals surface area contributed by atoms with Crippen LogP contribution in [0.2, 0.25) is 0 Å². The molecule has 82 valence electrons. The first-order chi connectivity index (χ1) is 8.25. The number of carbonyl (C=O) groups is 1. The topological polar surface area (TPSA) is 30.0 Å². The van der Waals surface area contributed by atoms with Gasteiger partial charge in [-0.25, -0.2) is 4.98 Å². The molecular formula is C15H11NO. The zero-order valence-corrected chi connectivity index (χ0v) is 9.47. The van der Waals surface area contributed by atoms with Crippen LogP contribution in [-0.2, 0) is 0 Å². The fourth-order valence-electron chi connectivity index (χ4n) is 1.38. The molecule has 0 N–H and O–H groups in total. The molecule has 0 aliphatic rings. The summed E-state index contributed by atoms with van der Waals surface area (Å²) in [4.78, 5) is 15.9. The Balaban J connectivity index is 2.21. The zero-order chi connectivity index (χ0) is 12.1. The maximum atomic E-state index is 11.7. The molecular weight excluding hydrogens is 210 g/mol. The van der Waals surface area contributed by atoms with E-state index in [0.717, 1.165) is 11.3 Å². The molecule has 1 aromatic heterocycles. The van der Waals surface area contributed by atoms with E-state index in [9.17, 15) is 4.79 Å². The maximum Gasteiger partial charge on any atom is 0.254 e. The van der Waals surface area contributed by atoms with Gasteiger partial charge in [0.25, 0.3) is 5.78 Å². The first-order valence-electron chi connectivity index (χ1n) is 5.31. The molecule has 0 aliphatic carbocycles. The predicted octanol–water partition coefficient (Wildman–Crippen LogP) is 2.62. The van der Waals surface area contributed by atoms with Crippen LogP contribution in [0.3, 0.4) is 0 Å². The molecule has 0 fully saturated rings. The number of aryl methyl sites for hydroxylation is 1. The van der Waals surface area contributed by atoms with E-state index in [1.165, 1.54) is 0 Å². The van der Waals surface area contributed by atoms with Crippen molar-refractivity contribution < 1.29 is 4.79 Å². The summed E-state index contributed by atoms with van der Waals surface area (Å²) in [7, 11) is 0. The maximum absolute atomic E-state index is 11.7. The summed E-state index contributed by atoms with van der Waals surface area (Å²) < 4.78 is 0. The highest BCUT2D eigenvalue weighted by atomic mass is 16.1. The Kier molecular flexibility index (Phi) is 3.32. The number of benzene rings is 1. The number of Topliss-reactive ketones (excluding diaryl/α,β-unsaturated/α-hetero) is 1. The molecule has 0 amide bonds. The van der Waals surface area contributed by atoms with E-state index >= 15 is 0 Å². The number of aromatic nitrogens is 1. The van der Waals surface area contributed by atoms with Crippen molar-refractivity contribution in [2.45, 2.75) is 6.92 Å². The van der Waals surface area contributed by atoms with Crippen molar-refractivity contribution in [3.05, 3.63) is 65.5 Å². The van der Waals surface area contributed by atoms with Crippen LogP contribution in [0.15, 0.2) is 48.5 Å². The molecule has 0 spiro atoms. The van der Waals surface area contributed by atoms with Crippen molar-refractivity contribution in [1.29, 1.82) is 0 Å². The number of nitrogens with zero attached hydrogens (tertiary/aromatic N) is 1. The lowest BCUT2D eigenvalue weighted by molar-refractivity contribution is 0.105. The monoisotopic (exact) mass is 221 g/mol. The van der Waals surface area contributed by atoms with Crippen LogP contribution in [0.1, 0.15) is 21.7 Å². The lowest BCUT2D eigenvalue weighted by Crippen LogP contribution is -1.99. The number of carbonyl (C=O) groups excluding carboxylic acids is 1. The quantitative estimate of drug-likeness (QED) is 0.547. The second kappa shape index (κ2) is 5.09. The molecule has 0 bridgehead atoms. The molecule has 2 aromatic rings. The van der Waals surface area contributed by atoms with Gasteiger partial charge in [-0.2, -0.15) is 0 Å². The number of pyridine rings is 1. The Morgan fingerprint density at radius 3 is 2.53 bits per heavy atom. The first-order valence-corrected chi connectivity index (χ1v) is 5.31. The van der Waals surface area contributed by atoms with Gasteiger partial charge in [0.1, 0.15) is 5.69 Å². The average Bonchev–Trinajstić information content (AvgIpc) is 2.37. The van der Waals surface area contributed by atoms with E-state index in [1.54, 1.807) is 12.1 Å². The smallest absolute Gasteiger partial charge is 0.254 e. The number of ketones is 1.